The maximum Gasteiger partial charge on any atom is 0.0595 e. The van der Waals surface area contributed by atoms with Crippen LogP contribution in [0.2, 0.25) is 10.0 Å². The number of rotatable bonds is 4. The minimum absolute atomic E-state index is 0.419. The first-order valence-corrected chi connectivity index (χ1v) is 8.31. The van der Waals surface area contributed by atoms with Crippen LogP contribution in [-0.4, -0.2) is 13.1 Å². The Morgan fingerprint density at radius 2 is 2.00 bits per heavy atom. The summed E-state index contributed by atoms with van der Waals surface area (Å²) in [6.07, 6.45) is 6.39. The molecule has 0 aliphatic heterocycles. The van der Waals surface area contributed by atoms with E-state index in [0.717, 1.165) is 12.3 Å². The highest BCUT2D eigenvalue weighted by molar-refractivity contribution is 6.42. The van der Waals surface area contributed by atoms with Gasteiger partial charge in [-0.25, -0.2) is 0 Å². The molecule has 0 amide bonds. The van der Waals surface area contributed by atoms with E-state index in [1.807, 2.05) is 12.1 Å². The van der Waals surface area contributed by atoms with E-state index < -0.39 is 0 Å². The molecule has 0 aromatic heterocycles. The summed E-state index contributed by atoms with van der Waals surface area (Å²) in [6, 6.07) is 6.50. The van der Waals surface area contributed by atoms with E-state index in [2.05, 4.69) is 32.3 Å². The molecular formula is C17H25Cl2N. The zero-order valence-corrected chi connectivity index (χ0v) is 14.2. The third kappa shape index (κ3) is 3.69. The standard InChI is InChI=1S/C17H25Cl2N/c1-17(2)9-5-4-6-13(17)16(20-3)11-12-7-8-14(18)15(19)10-12/h7-8,10,13,16,20H,4-6,9,11H2,1-3H3. The fourth-order valence-corrected chi connectivity index (χ4v) is 3.95. The van der Waals surface area contributed by atoms with Gasteiger partial charge in [0.25, 0.3) is 0 Å². The molecule has 2 atom stereocenters. The lowest BCUT2D eigenvalue weighted by molar-refractivity contribution is 0.101. The number of hydrogen-bond donors (Lipinski definition) is 1. The average molecular weight is 314 g/mol. The summed E-state index contributed by atoms with van der Waals surface area (Å²) in [5.74, 6) is 0.718. The second-order valence-electron chi connectivity index (χ2n) is 6.69. The van der Waals surface area contributed by atoms with Gasteiger partial charge in [0.2, 0.25) is 0 Å². The van der Waals surface area contributed by atoms with Crippen LogP contribution in [0.15, 0.2) is 18.2 Å². The largest absolute Gasteiger partial charge is 0.316 e. The molecule has 2 rings (SSSR count). The summed E-state index contributed by atoms with van der Waals surface area (Å²) in [5, 5.41) is 4.82. The predicted octanol–water partition coefficient (Wildman–Crippen LogP) is 5.34. The van der Waals surface area contributed by atoms with Crippen LogP contribution in [0.25, 0.3) is 0 Å². The van der Waals surface area contributed by atoms with Crippen LogP contribution in [0, 0.1) is 11.3 Å². The van der Waals surface area contributed by atoms with Crippen LogP contribution in [0.5, 0.6) is 0 Å². The zero-order valence-electron chi connectivity index (χ0n) is 12.7. The summed E-state index contributed by atoms with van der Waals surface area (Å²) in [4.78, 5) is 0. The van der Waals surface area contributed by atoms with Gasteiger partial charge in [-0.05, 0) is 55.3 Å². The fourth-order valence-electron chi connectivity index (χ4n) is 3.63. The van der Waals surface area contributed by atoms with Gasteiger partial charge in [-0.3, -0.25) is 0 Å². The molecule has 20 heavy (non-hydrogen) atoms. The minimum atomic E-state index is 0.419. The number of benzene rings is 1. The van der Waals surface area contributed by atoms with Crippen LogP contribution in [0.4, 0.5) is 0 Å². The van der Waals surface area contributed by atoms with E-state index in [9.17, 15) is 0 Å². The van der Waals surface area contributed by atoms with Crippen LogP contribution < -0.4 is 5.32 Å². The van der Waals surface area contributed by atoms with Gasteiger partial charge >= 0.3 is 0 Å². The average Bonchev–Trinajstić information content (AvgIpc) is 2.40. The summed E-state index contributed by atoms with van der Waals surface area (Å²) >= 11 is 12.1. The highest BCUT2D eigenvalue weighted by Gasteiger charge is 2.36. The molecule has 1 N–H and O–H groups in total. The SMILES string of the molecule is CNC(Cc1ccc(Cl)c(Cl)c1)C1CCCCC1(C)C. The second-order valence-corrected chi connectivity index (χ2v) is 7.50. The lowest BCUT2D eigenvalue weighted by Crippen LogP contribution is -2.44. The van der Waals surface area contributed by atoms with E-state index in [0.29, 0.717) is 21.5 Å². The van der Waals surface area contributed by atoms with Crippen molar-refractivity contribution in [3.8, 4) is 0 Å². The topological polar surface area (TPSA) is 12.0 Å². The molecule has 2 unspecified atom stereocenters. The quantitative estimate of drug-likeness (QED) is 0.791. The number of hydrogen-bond acceptors (Lipinski definition) is 1. The second kappa shape index (κ2) is 6.68. The predicted molar refractivity (Wildman–Crippen MR) is 88.8 cm³/mol. The Balaban J connectivity index is 2.13. The van der Waals surface area contributed by atoms with E-state index in [1.165, 1.54) is 31.2 Å². The first kappa shape index (κ1) is 16.1. The van der Waals surface area contributed by atoms with Crippen LogP contribution in [0.1, 0.15) is 45.1 Å². The summed E-state index contributed by atoms with van der Waals surface area (Å²) < 4.78 is 0. The van der Waals surface area contributed by atoms with Crippen molar-refractivity contribution in [3.05, 3.63) is 33.8 Å². The Morgan fingerprint density at radius 3 is 2.60 bits per heavy atom. The van der Waals surface area contributed by atoms with Crippen LogP contribution in [0.3, 0.4) is 0 Å². The van der Waals surface area contributed by atoms with Gasteiger partial charge in [-0.2, -0.15) is 0 Å². The maximum atomic E-state index is 6.13. The molecule has 3 heteroatoms. The lowest BCUT2D eigenvalue weighted by atomic mass is 9.65. The number of nitrogens with one attached hydrogen (secondary N) is 1. The van der Waals surface area contributed by atoms with Crippen molar-refractivity contribution in [2.24, 2.45) is 11.3 Å². The van der Waals surface area contributed by atoms with Crippen molar-refractivity contribution in [1.29, 1.82) is 0 Å². The molecule has 1 aromatic carbocycles. The highest BCUT2D eigenvalue weighted by Crippen LogP contribution is 2.43. The Morgan fingerprint density at radius 1 is 1.25 bits per heavy atom. The fraction of sp³-hybridized carbons (Fsp3) is 0.647. The Hall–Kier alpha value is -0.240. The molecule has 112 valence electrons. The third-order valence-electron chi connectivity index (χ3n) is 4.89. The number of likely N-dealkylation sites (N-methyl/N-ethyl adjacent to an activating group) is 1. The number of halogens is 2. The molecule has 0 bridgehead atoms. The molecule has 1 nitrogen and oxygen atoms in total. The lowest BCUT2D eigenvalue weighted by Gasteiger charge is -2.43. The van der Waals surface area contributed by atoms with Crippen molar-refractivity contribution >= 4 is 23.2 Å². The molecule has 1 fully saturated rings. The first-order valence-electron chi connectivity index (χ1n) is 7.55. The van der Waals surface area contributed by atoms with Crippen molar-refractivity contribution in [2.45, 2.75) is 52.0 Å². The zero-order chi connectivity index (χ0) is 14.8. The summed E-state index contributed by atoms with van der Waals surface area (Å²) in [7, 11) is 2.08. The van der Waals surface area contributed by atoms with Crippen LogP contribution in [-0.2, 0) is 6.42 Å². The molecule has 0 saturated heterocycles. The van der Waals surface area contributed by atoms with E-state index in [4.69, 9.17) is 23.2 Å². The van der Waals surface area contributed by atoms with Gasteiger partial charge in [-0.15, -0.1) is 0 Å². The molecule has 1 aliphatic carbocycles. The van der Waals surface area contributed by atoms with Crippen molar-refractivity contribution < 1.29 is 0 Å². The molecule has 0 heterocycles. The maximum absolute atomic E-state index is 6.13. The molecular weight excluding hydrogens is 289 g/mol. The smallest absolute Gasteiger partial charge is 0.0595 e. The molecule has 1 saturated carbocycles. The summed E-state index contributed by atoms with van der Waals surface area (Å²) in [6.45, 7) is 4.83. The van der Waals surface area contributed by atoms with Gasteiger partial charge in [0.15, 0.2) is 0 Å². The molecule has 1 aromatic rings. The Bertz CT molecular complexity index is 456. The highest BCUT2D eigenvalue weighted by atomic mass is 35.5. The first-order chi connectivity index (χ1) is 9.44. The van der Waals surface area contributed by atoms with Gasteiger partial charge in [0.1, 0.15) is 0 Å². The minimum Gasteiger partial charge on any atom is -0.316 e. The van der Waals surface area contributed by atoms with Crippen molar-refractivity contribution in [2.75, 3.05) is 7.05 Å². The Kier molecular flexibility index (Phi) is 5.39. The summed E-state index contributed by atoms with van der Waals surface area (Å²) in [5.41, 5.74) is 1.68. The molecule has 1 aliphatic rings. The van der Waals surface area contributed by atoms with Crippen molar-refractivity contribution in [3.63, 3.8) is 0 Å². The van der Waals surface area contributed by atoms with Gasteiger partial charge in [-0.1, -0.05) is 56.0 Å². The monoisotopic (exact) mass is 313 g/mol. The molecule has 0 radical (unpaired) electrons. The van der Waals surface area contributed by atoms with Crippen LogP contribution >= 0.6 is 23.2 Å². The van der Waals surface area contributed by atoms with Gasteiger partial charge in [0, 0.05) is 6.04 Å². The van der Waals surface area contributed by atoms with E-state index in [1.54, 1.807) is 0 Å². The van der Waals surface area contributed by atoms with Gasteiger partial charge < -0.3 is 5.32 Å². The molecule has 0 spiro atoms. The third-order valence-corrected chi connectivity index (χ3v) is 5.63. The van der Waals surface area contributed by atoms with E-state index >= 15 is 0 Å². The van der Waals surface area contributed by atoms with Gasteiger partial charge in [0.05, 0.1) is 10.0 Å². The normalized spacial score (nSPS) is 23.6. The van der Waals surface area contributed by atoms with E-state index in [-0.39, 0.29) is 0 Å². The van der Waals surface area contributed by atoms with Crippen molar-refractivity contribution in [1.82, 2.24) is 5.32 Å². The Labute approximate surface area is 133 Å².